The summed E-state index contributed by atoms with van der Waals surface area (Å²) >= 11 is 0. The lowest BCUT2D eigenvalue weighted by Crippen LogP contribution is -2.33. The average molecular weight is 152 g/mol. The number of hydrogen-bond donors (Lipinski definition) is 1. The van der Waals surface area contributed by atoms with Crippen LogP contribution in [-0.2, 0) is 0 Å². The van der Waals surface area contributed by atoms with Gasteiger partial charge in [0.1, 0.15) is 0 Å². The largest absolute Gasteiger partial charge is 0.390 e. The Kier molecular flexibility index (Phi) is 3.22. The van der Waals surface area contributed by atoms with Gasteiger partial charge in [0.05, 0.1) is 5.60 Å². The lowest BCUT2D eigenvalue weighted by atomic mass is 9.89. The minimum absolute atomic E-state index is 0.124. The second-order valence-corrected chi connectivity index (χ2v) is 3.11. The van der Waals surface area contributed by atoms with Crippen LogP contribution in [0.1, 0.15) is 27.2 Å². The van der Waals surface area contributed by atoms with Gasteiger partial charge < -0.3 is 5.11 Å². The summed E-state index contributed by atoms with van der Waals surface area (Å²) in [5, 5.41) is 9.28. The van der Waals surface area contributed by atoms with Gasteiger partial charge in [-0.05, 0) is 12.8 Å². The third-order valence-electron chi connectivity index (χ3n) is 1.81. The van der Waals surface area contributed by atoms with Gasteiger partial charge >= 0.3 is 0 Å². The van der Waals surface area contributed by atoms with Crippen LogP contribution in [-0.4, -0.2) is 17.1 Å². The summed E-state index contributed by atoms with van der Waals surface area (Å²) in [6.07, 6.45) is -2.86. The van der Waals surface area contributed by atoms with Crippen LogP contribution in [0.3, 0.4) is 0 Å². The van der Waals surface area contributed by atoms with Gasteiger partial charge in [-0.25, -0.2) is 8.78 Å². The van der Waals surface area contributed by atoms with Gasteiger partial charge in [-0.15, -0.1) is 0 Å². The van der Waals surface area contributed by atoms with Crippen molar-refractivity contribution in [2.45, 2.75) is 39.2 Å². The molecule has 0 radical (unpaired) electrons. The van der Waals surface area contributed by atoms with Gasteiger partial charge in [0.15, 0.2) is 0 Å². The molecule has 0 amide bonds. The average Bonchev–Trinajstić information content (AvgIpc) is 1.60. The van der Waals surface area contributed by atoms with Crippen molar-refractivity contribution in [3.05, 3.63) is 0 Å². The fraction of sp³-hybridized carbons (Fsp3) is 1.00. The third-order valence-corrected chi connectivity index (χ3v) is 1.81. The van der Waals surface area contributed by atoms with Crippen LogP contribution in [0.5, 0.6) is 0 Å². The van der Waals surface area contributed by atoms with Crippen LogP contribution in [0.15, 0.2) is 0 Å². The van der Waals surface area contributed by atoms with E-state index in [1.807, 2.05) is 0 Å². The van der Waals surface area contributed by atoms with Crippen LogP contribution < -0.4 is 0 Å². The second kappa shape index (κ2) is 3.28. The maximum Gasteiger partial charge on any atom is 0.241 e. The molecule has 0 spiro atoms. The van der Waals surface area contributed by atoms with E-state index in [1.54, 1.807) is 13.8 Å². The maximum atomic E-state index is 11.7. The van der Waals surface area contributed by atoms with E-state index in [2.05, 4.69) is 0 Å². The van der Waals surface area contributed by atoms with Gasteiger partial charge in [-0.3, -0.25) is 0 Å². The number of halogens is 2. The zero-order valence-corrected chi connectivity index (χ0v) is 6.56. The predicted octanol–water partition coefficient (Wildman–Crippen LogP) is 2.05. The normalized spacial score (nSPS) is 18.0. The summed E-state index contributed by atoms with van der Waals surface area (Å²) in [6.45, 7) is 4.88. The van der Waals surface area contributed by atoms with Crippen molar-refractivity contribution in [3.8, 4) is 0 Å². The first-order valence-corrected chi connectivity index (χ1v) is 3.37. The minimum atomic E-state index is -2.42. The van der Waals surface area contributed by atoms with E-state index in [0.717, 1.165) is 0 Å². The Morgan fingerprint density at radius 1 is 1.40 bits per heavy atom. The topological polar surface area (TPSA) is 20.2 Å². The summed E-state index contributed by atoms with van der Waals surface area (Å²) in [6, 6.07) is 0. The Balaban J connectivity index is 3.87. The molecular weight excluding hydrogens is 138 g/mol. The number of aliphatic hydroxyl groups is 1. The molecule has 0 rings (SSSR count). The van der Waals surface area contributed by atoms with Crippen molar-refractivity contribution < 1.29 is 13.9 Å². The van der Waals surface area contributed by atoms with Gasteiger partial charge in [0, 0.05) is 6.42 Å². The number of rotatable bonds is 3. The molecule has 0 aromatic rings. The standard InChI is InChI=1S/C7H14F2O/c1-5(2)7(3,10)4-6(8)9/h5-6,10H,4H2,1-3H3. The first kappa shape index (κ1) is 9.82. The third kappa shape index (κ3) is 3.11. The van der Waals surface area contributed by atoms with Crippen LogP contribution in [0.4, 0.5) is 8.78 Å². The van der Waals surface area contributed by atoms with E-state index in [4.69, 9.17) is 0 Å². The lowest BCUT2D eigenvalue weighted by molar-refractivity contribution is -0.0405. The summed E-state index contributed by atoms with van der Waals surface area (Å²) in [4.78, 5) is 0. The van der Waals surface area contributed by atoms with E-state index in [-0.39, 0.29) is 5.92 Å². The van der Waals surface area contributed by atoms with Gasteiger partial charge in [0.25, 0.3) is 0 Å². The molecule has 1 atom stereocenters. The van der Waals surface area contributed by atoms with E-state index < -0.39 is 18.4 Å². The molecule has 0 heterocycles. The highest BCUT2D eigenvalue weighted by molar-refractivity contribution is 4.76. The summed E-state index contributed by atoms with van der Waals surface area (Å²) < 4.78 is 23.5. The number of alkyl halides is 2. The van der Waals surface area contributed by atoms with Crippen molar-refractivity contribution in [2.75, 3.05) is 0 Å². The van der Waals surface area contributed by atoms with Crippen LogP contribution in [0.2, 0.25) is 0 Å². The predicted molar refractivity (Wildman–Crippen MR) is 36.1 cm³/mol. The molecule has 10 heavy (non-hydrogen) atoms. The molecular formula is C7H14F2O. The first-order chi connectivity index (χ1) is 4.36. The Morgan fingerprint density at radius 2 is 1.80 bits per heavy atom. The molecule has 0 aromatic carbocycles. The minimum Gasteiger partial charge on any atom is -0.390 e. The van der Waals surface area contributed by atoms with Crippen molar-refractivity contribution in [2.24, 2.45) is 5.92 Å². The molecule has 0 saturated heterocycles. The molecule has 0 aliphatic heterocycles. The highest BCUT2D eigenvalue weighted by Crippen LogP contribution is 2.23. The quantitative estimate of drug-likeness (QED) is 0.656. The molecule has 0 aliphatic rings. The highest BCUT2D eigenvalue weighted by Gasteiger charge is 2.28. The molecule has 0 aliphatic carbocycles. The molecule has 0 fully saturated rings. The Hall–Kier alpha value is -0.180. The smallest absolute Gasteiger partial charge is 0.241 e. The van der Waals surface area contributed by atoms with Crippen molar-refractivity contribution >= 4 is 0 Å². The zero-order chi connectivity index (χ0) is 8.36. The molecule has 3 heteroatoms. The Labute approximate surface area is 60.1 Å². The molecule has 62 valence electrons. The lowest BCUT2D eigenvalue weighted by Gasteiger charge is -2.26. The summed E-state index contributed by atoms with van der Waals surface area (Å²) in [5.41, 5.74) is -1.23. The Morgan fingerprint density at radius 3 is 1.90 bits per heavy atom. The van der Waals surface area contributed by atoms with E-state index in [0.29, 0.717) is 0 Å². The molecule has 0 aromatic heterocycles. The zero-order valence-electron chi connectivity index (χ0n) is 6.56. The van der Waals surface area contributed by atoms with Crippen molar-refractivity contribution in [3.63, 3.8) is 0 Å². The summed E-state index contributed by atoms with van der Waals surface area (Å²) in [5.74, 6) is -0.124. The highest BCUT2D eigenvalue weighted by atomic mass is 19.3. The van der Waals surface area contributed by atoms with Crippen molar-refractivity contribution in [1.82, 2.24) is 0 Å². The van der Waals surface area contributed by atoms with Gasteiger partial charge in [-0.1, -0.05) is 13.8 Å². The molecule has 1 N–H and O–H groups in total. The molecule has 1 unspecified atom stereocenters. The maximum absolute atomic E-state index is 11.7. The first-order valence-electron chi connectivity index (χ1n) is 3.37. The summed E-state index contributed by atoms with van der Waals surface area (Å²) in [7, 11) is 0. The van der Waals surface area contributed by atoms with E-state index in [1.165, 1.54) is 6.92 Å². The fourth-order valence-corrected chi connectivity index (χ4v) is 0.548. The fourth-order valence-electron chi connectivity index (χ4n) is 0.548. The van der Waals surface area contributed by atoms with Crippen LogP contribution in [0, 0.1) is 5.92 Å². The second-order valence-electron chi connectivity index (χ2n) is 3.11. The van der Waals surface area contributed by atoms with Gasteiger partial charge in [0.2, 0.25) is 6.43 Å². The van der Waals surface area contributed by atoms with E-state index >= 15 is 0 Å². The Bertz CT molecular complexity index is 99.8. The SMILES string of the molecule is CC(C)C(C)(O)CC(F)F. The van der Waals surface area contributed by atoms with Crippen LogP contribution in [0.25, 0.3) is 0 Å². The van der Waals surface area contributed by atoms with E-state index in [9.17, 15) is 13.9 Å². The molecule has 1 nitrogen and oxygen atoms in total. The van der Waals surface area contributed by atoms with Gasteiger partial charge in [-0.2, -0.15) is 0 Å². The monoisotopic (exact) mass is 152 g/mol. The molecule has 0 saturated carbocycles. The van der Waals surface area contributed by atoms with Crippen LogP contribution >= 0.6 is 0 Å². The van der Waals surface area contributed by atoms with Crippen molar-refractivity contribution in [1.29, 1.82) is 0 Å². The number of hydrogen-bond acceptors (Lipinski definition) is 1. The molecule has 0 bridgehead atoms.